The molecule has 1 aliphatic carbocycles. The molecule has 0 aliphatic heterocycles. The van der Waals surface area contributed by atoms with Crippen LogP contribution in [0.1, 0.15) is 17.5 Å². The minimum Gasteiger partial charge on any atom is -0.397 e. The van der Waals surface area contributed by atoms with E-state index in [1.807, 2.05) is 19.1 Å². The largest absolute Gasteiger partial charge is 0.397 e. The lowest BCUT2D eigenvalue weighted by atomic mass is 9.94. The smallest absolute Gasteiger partial charge is 0.230 e. The van der Waals surface area contributed by atoms with Crippen LogP contribution in [0, 0.1) is 41.4 Å². The van der Waals surface area contributed by atoms with Crippen molar-refractivity contribution in [3.8, 4) is 23.3 Å². The van der Waals surface area contributed by atoms with Crippen molar-refractivity contribution in [2.75, 3.05) is 11.1 Å². The summed E-state index contributed by atoms with van der Waals surface area (Å²) in [5, 5.41) is 22.7. The van der Waals surface area contributed by atoms with Gasteiger partial charge in [0.15, 0.2) is 0 Å². The third kappa shape index (κ3) is 2.89. The number of nitrogens with two attached hydrogens (primary N) is 1. The molecule has 4 rings (SSSR count). The van der Waals surface area contributed by atoms with Crippen LogP contribution in [0.15, 0.2) is 36.8 Å². The van der Waals surface area contributed by atoms with Gasteiger partial charge in [-0.2, -0.15) is 10.5 Å². The highest BCUT2D eigenvalue weighted by Crippen LogP contribution is 2.39. The van der Waals surface area contributed by atoms with Crippen molar-refractivity contribution in [3.63, 3.8) is 0 Å². The van der Waals surface area contributed by atoms with E-state index in [-0.39, 0.29) is 17.7 Å². The molecule has 7 nitrogen and oxygen atoms in total. The topological polar surface area (TPSA) is 128 Å². The Labute approximate surface area is 161 Å². The molecule has 0 bridgehead atoms. The van der Waals surface area contributed by atoms with Gasteiger partial charge in [0.05, 0.1) is 29.2 Å². The number of nitrogen functional groups attached to an aromatic ring is 1. The highest BCUT2D eigenvalue weighted by Gasteiger charge is 2.43. The predicted molar refractivity (Wildman–Crippen MR) is 105 cm³/mol. The molecule has 2 heterocycles. The van der Waals surface area contributed by atoms with Crippen molar-refractivity contribution in [2.45, 2.75) is 13.3 Å². The fourth-order valence-corrected chi connectivity index (χ4v) is 3.32. The highest BCUT2D eigenvalue weighted by molar-refractivity contribution is 6.03. The van der Waals surface area contributed by atoms with Crippen LogP contribution in [0.25, 0.3) is 21.9 Å². The number of anilines is 2. The number of hydrogen-bond donors (Lipinski definition) is 2. The number of aryl methyl sites for hydroxylation is 1. The fourth-order valence-electron chi connectivity index (χ4n) is 3.32. The van der Waals surface area contributed by atoms with E-state index in [4.69, 9.17) is 11.0 Å². The number of nitriles is 2. The number of nitrogens with one attached hydrogen (secondary N) is 1. The van der Waals surface area contributed by atoms with Crippen molar-refractivity contribution in [2.24, 2.45) is 11.8 Å². The zero-order chi connectivity index (χ0) is 19.8. The van der Waals surface area contributed by atoms with Gasteiger partial charge in [0.1, 0.15) is 11.9 Å². The number of aromatic nitrogens is 2. The zero-order valence-electron chi connectivity index (χ0n) is 15.1. The van der Waals surface area contributed by atoms with Gasteiger partial charge >= 0.3 is 0 Å². The maximum Gasteiger partial charge on any atom is 0.230 e. The third-order valence-corrected chi connectivity index (χ3v) is 5.05. The molecule has 3 aromatic rings. The van der Waals surface area contributed by atoms with Gasteiger partial charge in [0.2, 0.25) is 5.91 Å². The predicted octanol–water partition coefficient (Wildman–Crippen LogP) is 3.16. The maximum atomic E-state index is 12.2. The molecular weight excluding hydrogens is 352 g/mol. The summed E-state index contributed by atoms with van der Waals surface area (Å²) in [5.74, 6) is -0.306. The quantitative estimate of drug-likeness (QED) is 0.683. The molecule has 1 fully saturated rings. The first-order valence-electron chi connectivity index (χ1n) is 8.77. The van der Waals surface area contributed by atoms with Crippen molar-refractivity contribution < 1.29 is 4.79 Å². The lowest BCUT2D eigenvalue weighted by molar-refractivity contribution is -0.117. The number of fused-ring (bicyclic) bond motifs is 1. The van der Waals surface area contributed by atoms with E-state index >= 15 is 0 Å². The Hall–Kier alpha value is -3.97. The fraction of sp³-hybridized carbons (Fsp3) is 0.190. The van der Waals surface area contributed by atoms with E-state index in [0.29, 0.717) is 34.4 Å². The van der Waals surface area contributed by atoms with E-state index < -0.39 is 0 Å². The molecule has 1 saturated carbocycles. The number of amides is 1. The van der Waals surface area contributed by atoms with Crippen LogP contribution in [0.2, 0.25) is 0 Å². The molecule has 2 aromatic heterocycles. The van der Waals surface area contributed by atoms with Crippen LogP contribution in [0.4, 0.5) is 11.5 Å². The number of benzene rings is 1. The average molecular weight is 368 g/mol. The van der Waals surface area contributed by atoms with Crippen LogP contribution < -0.4 is 11.1 Å². The molecule has 0 saturated heterocycles. The molecule has 1 amide bonds. The second-order valence-corrected chi connectivity index (χ2v) is 6.87. The van der Waals surface area contributed by atoms with Crippen molar-refractivity contribution >= 4 is 28.2 Å². The van der Waals surface area contributed by atoms with Crippen LogP contribution in [0.3, 0.4) is 0 Å². The first-order chi connectivity index (χ1) is 13.5. The van der Waals surface area contributed by atoms with Crippen molar-refractivity contribution in [1.82, 2.24) is 9.97 Å². The van der Waals surface area contributed by atoms with Crippen molar-refractivity contribution in [3.05, 3.63) is 47.9 Å². The molecule has 136 valence electrons. The lowest BCUT2D eigenvalue weighted by Gasteiger charge is -2.13. The van der Waals surface area contributed by atoms with Gasteiger partial charge in [-0.25, -0.2) is 4.98 Å². The van der Waals surface area contributed by atoms with E-state index in [1.165, 1.54) is 0 Å². The zero-order valence-corrected chi connectivity index (χ0v) is 15.1. The lowest BCUT2D eigenvalue weighted by Crippen LogP contribution is -2.15. The Morgan fingerprint density at radius 2 is 2.11 bits per heavy atom. The molecule has 1 unspecified atom stereocenters. The summed E-state index contributed by atoms with van der Waals surface area (Å²) in [4.78, 5) is 20.6. The SMILES string of the molecule is Cc1ccncc1-c1cc2cc(NC(=O)[C@H]3CC3C#N)ncc2c(N)c1C#N. The molecule has 7 heteroatoms. The Morgan fingerprint density at radius 3 is 2.79 bits per heavy atom. The summed E-state index contributed by atoms with van der Waals surface area (Å²) in [7, 11) is 0. The minimum absolute atomic E-state index is 0.205. The highest BCUT2D eigenvalue weighted by atomic mass is 16.2. The monoisotopic (exact) mass is 368 g/mol. The average Bonchev–Trinajstić information content (AvgIpc) is 3.48. The molecule has 0 radical (unpaired) electrons. The maximum absolute atomic E-state index is 12.2. The van der Waals surface area contributed by atoms with Gasteiger partial charge < -0.3 is 11.1 Å². The number of hydrogen-bond acceptors (Lipinski definition) is 6. The number of carbonyl (C=O) groups is 1. The summed E-state index contributed by atoms with van der Waals surface area (Å²) >= 11 is 0. The number of nitrogens with zero attached hydrogens (tertiary/aromatic N) is 4. The van der Waals surface area contributed by atoms with Gasteiger partial charge in [-0.1, -0.05) is 0 Å². The van der Waals surface area contributed by atoms with Gasteiger partial charge in [-0.05, 0) is 42.5 Å². The Kier molecular flexibility index (Phi) is 4.14. The van der Waals surface area contributed by atoms with Crippen LogP contribution in [-0.2, 0) is 4.79 Å². The molecule has 3 N–H and O–H groups in total. The first-order valence-corrected chi connectivity index (χ1v) is 8.77. The van der Waals surface area contributed by atoms with Crippen LogP contribution in [-0.4, -0.2) is 15.9 Å². The Bertz CT molecular complexity index is 1200. The summed E-state index contributed by atoms with van der Waals surface area (Å²) < 4.78 is 0. The van der Waals surface area contributed by atoms with E-state index in [1.54, 1.807) is 24.7 Å². The summed E-state index contributed by atoms with van der Waals surface area (Å²) in [6.45, 7) is 1.94. The summed E-state index contributed by atoms with van der Waals surface area (Å²) in [6, 6.07) is 9.74. The normalized spacial score (nSPS) is 17.5. The Balaban J connectivity index is 1.79. The number of carbonyl (C=O) groups excluding carboxylic acids is 1. The van der Waals surface area contributed by atoms with Gasteiger partial charge in [-0.3, -0.25) is 9.78 Å². The van der Waals surface area contributed by atoms with Crippen LogP contribution >= 0.6 is 0 Å². The summed E-state index contributed by atoms with van der Waals surface area (Å²) in [6.07, 6.45) is 5.53. The van der Waals surface area contributed by atoms with E-state index in [9.17, 15) is 10.1 Å². The standard InChI is InChI=1S/C21H16N6O/c1-11-2-3-25-9-17(11)15-4-12-6-19(27-21(28)14-5-13(14)7-22)26-10-18(12)20(24)16(15)8-23/h2-4,6,9-10,13-14H,5,24H2,1H3,(H,26,27,28)/t13?,14-/m0/s1. The van der Waals surface area contributed by atoms with Gasteiger partial charge in [-0.15, -0.1) is 0 Å². The van der Waals surface area contributed by atoms with Gasteiger partial charge in [0, 0.05) is 35.1 Å². The molecule has 2 atom stereocenters. The first kappa shape index (κ1) is 17.4. The molecule has 1 aliphatic rings. The minimum atomic E-state index is -0.276. The van der Waals surface area contributed by atoms with Gasteiger partial charge in [0.25, 0.3) is 0 Å². The van der Waals surface area contributed by atoms with E-state index in [2.05, 4.69) is 27.4 Å². The van der Waals surface area contributed by atoms with Crippen LogP contribution in [0.5, 0.6) is 0 Å². The third-order valence-electron chi connectivity index (χ3n) is 5.05. The van der Waals surface area contributed by atoms with Crippen molar-refractivity contribution in [1.29, 1.82) is 10.5 Å². The second kappa shape index (κ2) is 6.64. The molecule has 28 heavy (non-hydrogen) atoms. The molecule has 1 aromatic carbocycles. The number of rotatable bonds is 3. The summed E-state index contributed by atoms with van der Waals surface area (Å²) in [5.41, 5.74) is 9.46. The molecule has 0 spiro atoms. The molecular formula is C21H16N6O. The second-order valence-electron chi connectivity index (χ2n) is 6.87. The van der Waals surface area contributed by atoms with E-state index in [0.717, 1.165) is 16.5 Å². The number of pyridine rings is 2. The Morgan fingerprint density at radius 1 is 1.29 bits per heavy atom.